The van der Waals surface area contributed by atoms with Crippen LogP contribution in [0.2, 0.25) is 0 Å². The van der Waals surface area contributed by atoms with Gasteiger partial charge in [0.2, 0.25) is 0 Å². The van der Waals surface area contributed by atoms with Crippen LogP contribution in [0, 0.1) is 0 Å². The van der Waals surface area contributed by atoms with Gasteiger partial charge in [-0.3, -0.25) is 14.4 Å². The summed E-state index contributed by atoms with van der Waals surface area (Å²) in [5.74, 6) is -0.885. The van der Waals surface area contributed by atoms with Crippen molar-refractivity contribution < 1.29 is 28.6 Å². The van der Waals surface area contributed by atoms with Gasteiger partial charge in [-0.05, 0) is 96.3 Å². The van der Waals surface area contributed by atoms with Crippen LogP contribution >= 0.6 is 0 Å². The molecule has 0 rings (SSSR count). The van der Waals surface area contributed by atoms with Gasteiger partial charge in [-0.1, -0.05) is 279 Å². The van der Waals surface area contributed by atoms with Gasteiger partial charge < -0.3 is 14.2 Å². The molecule has 0 N–H and O–H groups in total. The predicted octanol–water partition coefficient (Wildman–Crippen LogP) is 21.5. The molecule has 0 saturated heterocycles. The van der Waals surface area contributed by atoms with E-state index in [4.69, 9.17) is 14.2 Å². The lowest BCUT2D eigenvalue weighted by atomic mass is 10.0. The van der Waals surface area contributed by atoms with E-state index in [0.29, 0.717) is 19.3 Å². The number of hydrogen-bond acceptors (Lipinski definition) is 6. The molecule has 0 aromatic carbocycles. The molecule has 0 aliphatic heterocycles. The lowest BCUT2D eigenvalue weighted by molar-refractivity contribution is -0.167. The van der Waals surface area contributed by atoms with E-state index in [2.05, 4.69) is 106 Å². The van der Waals surface area contributed by atoms with Crippen molar-refractivity contribution in [1.82, 2.24) is 0 Å². The Labute approximate surface area is 458 Å². The highest BCUT2D eigenvalue weighted by Gasteiger charge is 2.19. The van der Waals surface area contributed by atoms with Crippen LogP contribution in [-0.2, 0) is 28.6 Å². The molecule has 426 valence electrons. The first-order valence-corrected chi connectivity index (χ1v) is 31.6. The van der Waals surface area contributed by atoms with E-state index in [0.717, 1.165) is 103 Å². The molecular weight excluding hydrogens is 913 g/mol. The van der Waals surface area contributed by atoms with E-state index >= 15 is 0 Å². The number of hydrogen-bond donors (Lipinski definition) is 0. The summed E-state index contributed by atoms with van der Waals surface area (Å²) in [7, 11) is 0. The Morgan fingerprint density at radius 1 is 0.284 bits per heavy atom. The van der Waals surface area contributed by atoms with Gasteiger partial charge in [-0.2, -0.15) is 0 Å². The van der Waals surface area contributed by atoms with Crippen LogP contribution in [0.3, 0.4) is 0 Å². The summed E-state index contributed by atoms with van der Waals surface area (Å²) >= 11 is 0. The Morgan fingerprint density at radius 3 is 0.824 bits per heavy atom. The molecule has 0 bridgehead atoms. The van der Waals surface area contributed by atoms with Gasteiger partial charge in [-0.15, -0.1) is 0 Å². The molecular formula is C68H118O6. The Morgan fingerprint density at radius 2 is 0.527 bits per heavy atom. The van der Waals surface area contributed by atoms with Gasteiger partial charge in [0.1, 0.15) is 13.2 Å². The van der Waals surface area contributed by atoms with Crippen molar-refractivity contribution in [2.75, 3.05) is 13.2 Å². The quantitative estimate of drug-likeness (QED) is 0.0261. The number of allylic oxidation sites excluding steroid dienone is 14. The van der Waals surface area contributed by atoms with Crippen molar-refractivity contribution >= 4 is 17.9 Å². The Bertz CT molecular complexity index is 1420. The third-order valence-corrected chi connectivity index (χ3v) is 13.6. The van der Waals surface area contributed by atoms with Gasteiger partial charge in [0.05, 0.1) is 0 Å². The second kappa shape index (κ2) is 62.1. The molecule has 0 heterocycles. The zero-order chi connectivity index (χ0) is 53.6. The maximum absolute atomic E-state index is 12.8. The molecule has 0 radical (unpaired) electrons. The molecule has 0 aromatic heterocycles. The zero-order valence-electron chi connectivity index (χ0n) is 48.8. The number of esters is 3. The van der Waals surface area contributed by atoms with Gasteiger partial charge in [-0.25, -0.2) is 0 Å². The largest absolute Gasteiger partial charge is 0.462 e. The Balaban J connectivity index is 4.10. The second-order valence-corrected chi connectivity index (χ2v) is 20.9. The topological polar surface area (TPSA) is 78.9 Å². The fourth-order valence-corrected chi connectivity index (χ4v) is 8.91. The van der Waals surface area contributed by atoms with E-state index in [1.165, 1.54) is 167 Å². The smallest absolute Gasteiger partial charge is 0.306 e. The van der Waals surface area contributed by atoms with Crippen molar-refractivity contribution in [1.29, 1.82) is 0 Å². The van der Waals surface area contributed by atoms with Crippen LogP contribution < -0.4 is 0 Å². The SMILES string of the molecule is CC/C=C\C/C=C\C/C=C\C/C=C\CCCCCCCCCCCCCCCCC(=O)OCC(COC(=O)CCCCCCCC)OC(=O)CCCCCCCCCC/C=C\C/C=C\C/C=C\CCCCCCC. The van der Waals surface area contributed by atoms with E-state index in [9.17, 15) is 14.4 Å². The highest BCUT2D eigenvalue weighted by molar-refractivity contribution is 5.71. The molecule has 0 aliphatic rings. The zero-order valence-corrected chi connectivity index (χ0v) is 48.8. The van der Waals surface area contributed by atoms with Crippen molar-refractivity contribution in [3.05, 3.63) is 85.1 Å². The van der Waals surface area contributed by atoms with Gasteiger partial charge in [0.25, 0.3) is 0 Å². The van der Waals surface area contributed by atoms with Crippen LogP contribution in [0.15, 0.2) is 85.1 Å². The van der Waals surface area contributed by atoms with Crippen LogP contribution in [0.5, 0.6) is 0 Å². The minimum absolute atomic E-state index is 0.0778. The molecule has 1 unspecified atom stereocenters. The summed E-state index contributed by atoms with van der Waals surface area (Å²) in [5.41, 5.74) is 0. The Kier molecular flexibility index (Phi) is 59.3. The summed E-state index contributed by atoms with van der Waals surface area (Å²) in [6.07, 6.45) is 81.9. The fourth-order valence-electron chi connectivity index (χ4n) is 8.91. The minimum Gasteiger partial charge on any atom is -0.462 e. The average molecular weight is 1030 g/mol. The van der Waals surface area contributed by atoms with Crippen LogP contribution in [-0.4, -0.2) is 37.2 Å². The third kappa shape index (κ3) is 59.5. The first-order chi connectivity index (χ1) is 36.5. The molecule has 0 amide bonds. The molecule has 0 aromatic rings. The molecule has 0 spiro atoms. The monoisotopic (exact) mass is 1030 g/mol. The molecule has 0 fully saturated rings. The third-order valence-electron chi connectivity index (χ3n) is 13.6. The maximum atomic E-state index is 12.8. The lowest BCUT2D eigenvalue weighted by Crippen LogP contribution is -2.30. The van der Waals surface area contributed by atoms with E-state index in [-0.39, 0.29) is 31.1 Å². The van der Waals surface area contributed by atoms with Crippen molar-refractivity contribution in [2.24, 2.45) is 0 Å². The molecule has 0 saturated carbocycles. The summed E-state index contributed by atoms with van der Waals surface area (Å²) < 4.78 is 16.8. The lowest BCUT2D eigenvalue weighted by Gasteiger charge is -2.18. The fraction of sp³-hybridized carbons (Fsp3) is 0.750. The number of unbranched alkanes of at least 4 members (excludes halogenated alkanes) is 32. The summed E-state index contributed by atoms with van der Waals surface area (Å²) in [6, 6.07) is 0. The minimum atomic E-state index is -0.778. The summed E-state index contributed by atoms with van der Waals surface area (Å²) in [6.45, 7) is 6.48. The summed E-state index contributed by atoms with van der Waals surface area (Å²) in [5, 5.41) is 0. The molecule has 6 nitrogen and oxygen atoms in total. The van der Waals surface area contributed by atoms with Gasteiger partial charge >= 0.3 is 17.9 Å². The molecule has 6 heteroatoms. The maximum Gasteiger partial charge on any atom is 0.306 e. The highest BCUT2D eigenvalue weighted by atomic mass is 16.6. The van der Waals surface area contributed by atoms with E-state index in [1.807, 2.05) is 0 Å². The number of rotatable bonds is 57. The van der Waals surface area contributed by atoms with Gasteiger partial charge in [0.15, 0.2) is 6.10 Å². The van der Waals surface area contributed by atoms with Crippen LogP contribution in [0.4, 0.5) is 0 Å². The number of carbonyl (C=O) groups is 3. The first kappa shape index (κ1) is 70.6. The van der Waals surface area contributed by atoms with Gasteiger partial charge in [0, 0.05) is 19.3 Å². The molecule has 1 atom stereocenters. The molecule has 74 heavy (non-hydrogen) atoms. The molecule has 0 aliphatic carbocycles. The average Bonchev–Trinajstić information content (AvgIpc) is 3.40. The van der Waals surface area contributed by atoms with Crippen molar-refractivity contribution in [2.45, 2.75) is 316 Å². The summed E-state index contributed by atoms with van der Waals surface area (Å²) in [4.78, 5) is 38.0. The Hall–Kier alpha value is -3.41. The van der Waals surface area contributed by atoms with E-state index < -0.39 is 6.10 Å². The standard InChI is InChI=1S/C68H118O6/c1-4-7-10-13-16-18-20-22-24-26-28-30-32-33-34-35-37-38-40-42-44-46-48-50-52-55-58-61-67(70)73-64-65(63-72-66(69)60-57-54-15-12-9-6-3)74-68(71)62-59-56-53-51-49-47-45-43-41-39-36-31-29-27-25-23-21-19-17-14-11-8-5-2/h7,10,16,18,21-24,27-30,36,39,65H,4-6,8-9,11-15,17,19-20,25-26,31-35,37-38,40-64H2,1-3H3/b10-7-,18-16-,23-21-,24-22-,29-27-,30-28-,39-36-. The van der Waals surface area contributed by atoms with Crippen molar-refractivity contribution in [3.63, 3.8) is 0 Å². The van der Waals surface area contributed by atoms with Crippen molar-refractivity contribution in [3.8, 4) is 0 Å². The predicted molar refractivity (Wildman–Crippen MR) is 321 cm³/mol. The first-order valence-electron chi connectivity index (χ1n) is 31.6. The highest BCUT2D eigenvalue weighted by Crippen LogP contribution is 2.16. The number of carbonyl (C=O) groups excluding carboxylic acids is 3. The number of ether oxygens (including phenoxy) is 3. The van der Waals surface area contributed by atoms with Crippen LogP contribution in [0.1, 0.15) is 310 Å². The van der Waals surface area contributed by atoms with E-state index in [1.54, 1.807) is 0 Å². The van der Waals surface area contributed by atoms with Crippen LogP contribution in [0.25, 0.3) is 0 Å². The second-order valence-electron chi connectivity index (χ2n) is 20.9. The normalized spacial score (nSPS) is 12.6.